The fraction of sp³-hybridized carbons (Fsp3) is 0.529. The van der Waals surface area contributed by atoms with Crippen LogP contribution in [-0.2, 0) is 30.9 Å². The first-order valence-corrected chi connectivity index (χ1v) is 7.57. The van der Waals surface area contributed by atoms with E-state index in [1.165, 1.54) is 0 Å². The van der Waals surface area contributed by atoms with E-state index in [0.717, 1.165) is 5.56 Å². The van der Waals surface area contributed by atoms with Crippen molar-refractivity contribution in [3.63, 3.8) is 0 Å². The number of carboxylic acids is 1. The third-order valence-electron chi connectivity index (χ3n) is 4.82. The van der Waals surface area contributed by atoms with Gasteiger partial charge >= 0.3 is 5.97 Å². The summed E-state index contributed by atoms with van der Waals surface area (Å²) in [5, 5.41) is 9.08. The molecule has 118 valence electrons. The number of benzene rings is 1. The summed E-state index contributed by atoms with van der Waals surface area (Å²) in [4.78, 5) is 23.9. The molecular weight excluding hydrogens is 284 g/mol. The second-order valence-electron chi connectivity index (χ2n) is 6.27. The van der Waals surface area contributed by atoms with Crippen LogP contribution in [0, 0.1) is 0 Å². The van der Waals surface area contributed by atoms with Gasteiger partial charge in [0.25, 0.3) is 0 Å². The van der Waals surface area contributed by atoms with Gasteiger partial charge < -0.3 is 14.6 Å². The summed E-state index contributed by atoms with van der Waals surface area (Å²) in [6.45, 7) is 2.96. The van der Waals surface area contributed by atoms with E-state index in [4.69, 9.17) is 14.6 Å². The van der Waals surface area contributed by atoms with Crippen LogP contribution in [-0.4, -0.2) is 35.9 Å². The lowest BCUT2D eigenvalue weighted by atomic mass is 9.67. The number of aliphatic carboxylic acids is 1. The molecule has 0 radical (unpaired) electrons. The van der Waals surface area contributed by atoms with E-state index in [1.54, 1.807) is 6.07 Å². The van der Waals surface area contributed by atoms with Gasteiger partial charge in [-0.1, -0.05) is 24.3 Å². The van der Waals surface area contributed by atoms with E-state index in [2.05, 4.69) is 0 Å². The van der Waals surface area contributed by atoms with Crippen molar-refractivity contribution in [2.24, 2.45) is 0 Å². The lowest BCUT2D eigenvalue weighted by molar-refractivity contribution is -0.187. The van der Waals surface area contributed by atoms with E-state index in [1.807, 2.05) is 25.1 Å². The lowest BCUT2D eigenvalue weighted by Gasteiger charge is -2.41. The molecule has 0 bridgehead atoms. The molecule has 1 atom stereocenters. The molecule has 1 unspecified atom stereocenters. The van der Waals surface area contributed by atoms with E-state index in [-0.39, 0.29) is 18.6 Å². The highest BCUT2D eigenvalue weighted by Crippen LogP contribution is 2.44. The average molecular weight is 304 g/mol. The maximum Gasteiger partial charge on any atom is 0.307 e. The summed E-state index contributed by atoms with van der Waals surface area (Å²) < 4.78 is 11.3. The van der Waals surface area contributed by atoms with Crippen molar-refractivity contribution in [3.05, 3.63) is 35.4 Å². The quantitative estimate of drug-likeness (QED) is 0.925. The summed E-state index contributed by atoms with van der Waals surface area (Å²) in [5.74, 6) is -1.59. The van der Waals surface area contributed by atoms with E-state index >= 15 is 0 Å². The van der Waals surface area contributed by atoms with Crippen molar-refractivity contribution in [1.29, 1.82) is 0 Å². The zero-order valence-corrected chi connectivity index (χ0v) is 12.6. The normalized spacial score (nSPS) is 27.2. The smallest absolute Gasteiger partial charge is 0.307 e. The SMILES string of the molecule is CC1(c2ccccc2CC(=O)O)CCC2(CC1=O)OCCO2. The molecule has 0 amide bonds. The number of carboxylic acid groups (broad SMARTS) is 1. The average Bonchev–Trinajstić information content (AvgIpc) is 2.92. The molecule has 1 aliphatic heterocycles. The van der Waals surface area contributed by atoms with Crippen LogP contribution in [0.3, 0.4) is 0 Å². The Morgan fingerprint density at radius 1 is 1.23 bits per heavy atom. The molecule has 5 heteroatoms. The predicted molar refractivity (Wildman–Crippen MR) is 78.6 cm³/mol. The van der Waals surface area contributed by atoms with E-state index in [9.17, 15) is 9.59 Å². The zero-order valence-electron chi connectivity index (χ0n) is 12.6. The molecule has 0 aromatic heterocycles. The van der Waals surface area contributed by atoms with Crippen LogP contribution < -0.4 is 0 Å². The lowest BCUT2D eigenvalue weighted by Crippen LogP contribution is -2.48. The Hall–Kier alpha value is -1.72. The van der Waals surface area contributed by atoms with Gasteiger partial charge in [-0.2, -0.15) is 0 Å². The highest BCUT2D eigenvalue weighted by Gasteiger charge is 2.50. The Bertz CT molecular complexity index is 603. The molecule has 1 saturated carbocycles. The number of Topliss-reactive ketones (excluding diaryl/α,β-unsaturated/α-hetero) is 1. The second-order valence-corrected chi connectivity index (χ2v) is 6.27. The molecule has 1 aromatic rings. The summed E-state index contributed by atoms with van der Waals surface area (Å²) in [7, 11) is 0. The van der Waals surface area contributed by atoms with Crippen LogP contribution >= 0.6 is 0 Å². The van der Waals surface area contributed by atoms with Gasteiger partial charge in [-0.05, 0) is 24.5 Å². The minimum absolute atomic E-state index is 0.0542. The third-order valence-corrected chi connectivity index (χ3v) is 4.82. The van der Waals surface area contributed by atoms with Crippen molar-refractivity contribution in [1.82, 2.24) is 0 Å². The van der Waals surface area contributed by atoms with Gasteiger partial charge in [-0.3, -0.25) is 9.59 Å². The summed E-state index contributed by atoms with van der Waals surface area (Å²) in [6, 6.07) is 7.31. The first kappa shape index (κ1) is 15.2. The molecule has 3 rings (SSSR count). The van der Waals surface area contributed by atoms with Gasteiger partial charge in [-0.25, -0.2) is 0 Å². The molecule has 5 nitrogen and oxygen atoms in total. The van der Waals surface area contributed by atoms with Gasteiger partial charge in [0.15, 0.2) is 5.79 Å². The van der Waals surface area contributed by atoms with Crippen molar-refractivity contribution >= 4 is 11.8 Å². The van der Waals surface area contributed by atoms with Gasteiger partial charge in [0, 0.05) is 6.42 Å². The van der Waals surface area contributed by atoms with Crippen molar-refractivity contribution in [3.8, 4) is 0 Å². The molecule has 1 aliphatic carbocycles. The van der Waals surface area contributed by atoms with Crippen LogP contribution in [0.15, 0.2) is 24.3 Å². The maximum absolute atomic E-state index is 12.8. The molecule has 1 N–H and O–H groups in total. The third kappa shape index (κ3) is 2.55. The molecular formula is C17H20O5. The van der Waals surface area contributed by atoms with E-state index < -0.39 is 17.2 Å². The number of carbonyl (C=O) groups excluding carboxylic acids is 1. The minimum Gasteiger partial charge on any atom is -0.481 e. The maximum atomic E-state index is 12.8. The monoisotopic (exact) mass is 304 g/mol. The molecule has 1 heterocycles. The number of hydrogen-bond acceptors (Lipinski definition) is 4. The Balaban J connectivity index is 1.91. The molecule has 1 saturated heterocycles. The first-order chi connectivity index (χ1) is 10.5. The van der Waals surface area contributed by atoms with Gasteiger partial charge in [0.1, 0.15) is 5.78 Å². The van der Waals surface area contributed by atoms with Gasteiger partial charge in [0.2, 0.25) is 0 Å². The predicted octanol–water partition coefficient (Wildman–Crippen LogP) is 2.07. The van der Waals surface area contributed by atoms with Gasteiger partial charge in [0.05, 0.1) is 31.5 Å². The number of hydrogen-bond donors (Lipinski definition) is 1. The largest absolute Gasteiger partial charge is 0.481 e. The van der Waals surface area contributed by atoms with Crippen molar-refractivity contribution < 1.29 is 24.2 Å². The standard InChI is InChI=1S/C17H20O5/c1-16(13-5-3-2-4-12(13)10-15(19)20)6-7-17(11-14(16)18)21-8-9-22-17/h2-5H,6-11H2,1H3,(H,19,20). The summed E-state index contributed by atoms with van der Waals surface area (Å²) in [6.07, 6.45) is 1.40. The highest BCUT2D eigenvalue weighted by atomic mass is 16.7. The fourth-order valence-corrected chi connectivity index (χ4v) is 3.51. The molecule has 22 heavy (non-hydrogen) atoms. The van der Waals surface area contributed by atoms with Crippen LogP contribution in [0.1, 0.15) is 37.3 Å². The minimum atomic E-state index is -0.891. The number of ether oxygens (including phenoxy) is 2. The Morgan fingerprint density at radius 3 is 2.55 bits per heavy atom. The number of ketones is 1. The molecule has 2 aliphatic rings. The first-order valence-electron chi connectivity index (χ1n) is 7.57. The number of rotatable bonds is 3. The van der Waals surface area contributed by atoms with Gasteiger partial charge in [-0.15, -0.1) is 0 Å². The van der Waals surface area contributed by atoms with Crippen LogP contribution in [0.2, 0.25) is 0 Å². The molecule has 2 fully saturated rings. The summed E-state index contributed by atoms with van der Waals surface area (Å²) >= 11 is 0. The van der Waals surface area contributed by atoms with Crippen LogP contribution in [0.25, 0.3) is 0 Å². The Morgan fingerprint density at radius 2 is 1.91 bits per heavy atom. The van der Waals surface area contributed by atoms with Crippen molar-refractivity contribution in [2.75, 3.05) is 13.2 Å². The Labute approximate surface area is 129 Å². The Kier molecular flexibility index (Phi) is 3.78. The number of carbonyl (C=O) groups is 2. The second kappa shape index (κ2) is 5.48. The van der Waals surface area contributed by atoms with Crippen LogP contribution in [0.5, 0.6) is 0 Å². The van der Waals surface area contributed by atoms with Crippen molar-refractivity contribution in [2.45, 2.75) is 43.8 Å². The molecule has 1 aromatic carbocycles. The van der Waals surface area contributed by atoms with Crippen LogP contribution in [0.4, 0.5) is 0 Å². The fourth-order valence-electron chi connectivity index (χ4n) is 3.51. The molecule has 1 spiro atoms. The van der Waals surface area contributed by atoms with E-state index in [0.29, 0.717) is 31.6 Å². The highest BCUT2D eigenvalue weighted by molar-refractivity contribution is 5.92. The zero-order chi connectivity index (χ0) is 15.8. The topological polar surface area (TPSA) is 72.8 Å². The summed E-state index contributed by atoms with van der Waals surface area (Å²) in [5.41, 5.74) is 0.845.